The number of hydrogen-bond donors (Lipinski definition) is 2. The van der Waals surface area contributed by atoms with E-state index in [0.717, 1.165) is 0 Å². The molecule has 0 atom stereocenters. The number of methoxy groups -OCH3 is 1. The lowest BCUT2D eigenvalue weighted by Gasteiger charge is -2.11. The van der Waals surface area contributed by atoms with Crippen LogP contribution in [0.5, 0.6) is 11.5 Å². The quantitative estimate of drug-likeness (QED) is 0.415. The van der Waals surface area contributed by atoms with Gasteiger partial charge in [-0.15, -0.1) is 0 Å². The van der Waals surface area contributed by atoms with Gasteiger partial charge in [-0.05, 0) is 60.7 Å². The summed E-state index contributed by atoms with van der Waals surface area (Å²) in [4.78, 5) is 12.1. The summed E-state index contributed by atoms with van der Waals surface area (Å²) in [7, 11) is -2.38. The van der Waals surface area contributed by atoms with Gasteiger partial charge in [0, 0.05) is 15.7 Å². The number of anilines is 2. The first-order valence-electron chi connectivity index (χ1n) is 9.01. The van der Waals surface area contributed by atoms with Crippen molar-refractivity contribution in [3.63, 3.8) is 0 Å². The van der Waals surface area contributed by atoms with Gasteiger partial charge >= 0.3 is 0 Å². The standard InChI is InChI=1S/C21H17Cl3N2O5S/c1-30-20-7-2-15(11-19(20)24)25-21(27)12-31-17-3-5-18(6-4-17)32(28,29)26-16-9-13(22)8-14(23)10-16/h2-11,26H,12H2,1H3,(H,25,27). The molecule has 0 fully saturated rings. The highest BCUT2D eigenvalue weighted by molar-refractivity contribution is 7.92. The lowest BCUT2D eigenvalue weighted by atomic mass is 10.3. The summed E-state index contributed by atoms with van der Waals surface area (Å²) in [6.45, 7) is -0.283. The molecule has 7 nitrogen and oxygen atoms in total. The fraction of sp³-hybridized carbons (Fsp3) is 0.0952. The SMILES string of the molecule is COc1ccc(NC(=O)COc2ccc(S(=O)(=O)Nc3cc(Cl)cc(Cl)c3)cc2)cc1Cl. The van der Waals surface area contributed by atoms with Crippen LogP contribution in [0.1, 0.15) is 0 Å². The summed E-state index contributed by atoms with van der Waals surface area (Å²) in [5.41, 5.74) is 0.719. The zero-order valence-corrected chi connectivity index (χ0v) is 19.6. The summed E-state index contributed by atoms with van der Waals surface area (Å²) in [5, 5.41) is 3.60. The smallest absolute Gasteiger partial charge is 0.262 e. The Labute approximate surface area is 200 Å². The number of halogens is 3. The molecule has 0 saturated heterocycles. The molecule has 0 unspecified atom stereocenters. The van der Waals surface area contributed by atoms with E-state index in [1.54, 1.807) is 18.2 Å². The van der Waals surface area contributed by atoms with E-state index in [1.165, 1.54) is 49.6 Å². The number of benzene rings is 3. The van der Waals surface area contributed by atoms with E-state index >= 15 is 0 Å². The molecule has 0 heterocycles. The Morgan fingerprint density at radius 2 is 1.56 bits per heavy atom. The summed E-state index contributed by atoms with van der Waals surface area (Å²) in [5.74, 6) is 0.393. The lowest BCUT2D eigenvalue weighted by molar-refractivity contribution is -0.118. The van der Waals surface area contributed by atoms with Gasteiger partial charge in [-0.2, -0.15) is 0 Å². The molecule has 0 aliphatic carbocycles. The molecule has 0 aliphatic rings. The van der Waals surface area contributed by atoms with E-state index in [-0.39, 0.29) is 17.2 Å². The molecule has 168 valence electrons. The molecule has 32 heavy (non-hydrogen) atoms. The van der Waals surface area contributed by atoms with Gasteiger partial charge < -0.3 is 14.8 Å². The molecule has 0 aromatic heterocycles. The molecule has 1 amide bonds. The number of carbonyl (C=O) groups excluding carboxylic acids is 1. The molecule has 0 bridgehead atoms. The average Bonchev–Trinajstić information content (AvgIpc) is 2.71. The van der Waals surface area contributed by atoms with Crippen LogP contribution in [0.4, 0.5) is 11.4 Å². The number of hydrogen-bond acceptors (Lipinski definition) is 5. The van der Waals surface area contributed by atoms with Crippen molar-refractivity contribution in [3.8, 4) is 11.5 Å². The van der Waals surface area contributed by atoms with Crippen molar-refractivity contribution in [2.24, 2.45) is 0 Å². The van der Waals surface area contributed by atoms with Crippen LogP contribution in [-0.2, 0) is 14.8 Å². The molecule has 0 radical (unpaired) electrons. The third kappa shape index (κ3) is 6.43. The van der Waals surface area contributed by atoms with Crippen LogP contribution in [-0.4, -0.2) is 28.0 Å². The van der Waals surface area contributed by atoms with Crippen LogP contribution in [0.2, 0.25) is 15.1 Å². The maximum atomic E-state index is 12.6. The number of ether oxygens (including phenoxy) is 2. The number of carbonyl (C=O) groups is 1. The first-order chi connectivity index (χ1) is 15.2. The Kier molecular flexibility index (Phi) is 7.73. The second-order valence-electron chi connectivity index (χ2n) is 6.42. The molecule has 2 N–H and O–H groups in total. The Hall–Kier alpha value is -2.65. The van der Waals surface area contributed by atoms with Crippen molar-refractivity contribution in [3.05, 3.63) is 75.7 Å². The van der Waals surface area contributed by atoms with Crippen LogP contribution >= 0.6 is 34.8 Å². The van der Waals surface area contributed by atoms with Gasteiger partial charge in [0.1, 0.15) is 11.5 Å². The van der Waals surface area contributed by atoms with E-state index in [4.69, 9.17) is 44.3 Å². The Bertz CT molecular complexity index is 1210. The minimum Gasteiger partial charge on any atom is -0.495 e. The van der Waals surface area contributed by atoms with Crippen molar-refractivity contribution >= 4 is 62.1 Å². The van der Waals surface area contributed by atoms with Gasteiger partial charge in [0.15, 0.2) is 6.61 Å². The zero-order valence-electron chi connectivity index (χ0n) is 16.6. The van der Waals surface area contributed by atoms with Crippen LogP contribution in [0.3, 0.4) is 0 Å². The van der Waals surface area contributed by atoms with E-state index < -0.39 is 15.9 Å². The van der Waals surface area contributed by atoms with Crippen molar-refractivity contribution < 1.29 is 22.7 Å². The average molecular weight is 516 g/mol. The van der Waals surface area contributed by atoms with Crippen molar-refractivity contribution in [2.45, 2.75) is 4.90 Å². The number of amides is 1. The van der Waals surface area contributed by atoms with Gasteiger partial charge in [-0.25, -0.2) is 8.42 Å². The van der Waals surface area contributed by atoms with Crippen molar-refractivity contribution in [1.29, 1.82) is 0 Å². The van der Waals surface area contributed by atoms with E-state index in [2.05, 4.69) is 10.0 Å². The van der Waals surface area contributed by atoms with Gasteiger partial charge in [-0.3, -0.25) is 9.52 Å². The van der Waals surface area contributed by atoms with Gasteiger partial charge in [0.05, 0.1) is 22.7 Å². The summed E-state index contributed by atoms with van der Waals surface area (Å²) in [6.07, 6.45) is 0. The summed E-state index contributed by atoms with van der Waals surface area (Å²) < 4.78 is 38.0. The molecule has 11 heteroatoms. The second kappa shape index (κ2) is 10.3. The monoisotopic (exact) mass is 514 g/mol. The summed E-state index contributed by atoms with van der Waals surface area (Å²) in [6, 6.07) is 14.8. The van der Waals surface area contributed by atoms with Crippen LogP contribution in [0.15, 0.2) is 65.6 Å². The highest BCUT2D eigenvalue weighted by Crippen LogP contribution is 2.27. The molecule has 0 saturated carbocycles. The fourth-order valence-electron chi connectivity index (χ4n) is 2.63. The number of rotatable bonds is 8. The highest BCUT2D eigenvalue weighted by atomic mass is 35.5. The van der Waals surface area contributed by atoms with E-state index in [9.17, 15) is 13.2 Å². The van der Waals surface area contributed by atoms with Crippen molar-refractivity contribution in [1.82, 2.24) is 0 Å². The molecule has 0 aliphatic heterocycles. The molecule has 0 spiro atoms. The van der Waals surface area contributed by atoms with E-state index in [1.807, 2.05) is 0 Å². The van der Waals surface area contributed by atoms with Crippen LogP contribution in [0.25, 0.3) is 0 Å². The van der Waals surface area contributed by atoms with Crippen molar-refractivity contribution in [2.75, 3.05) is 23.8 Å². The lowest BCUT2D eigenvalue weighted by Crippen LogP contribution is -2.20. The van der Waals surface area contributed by atoms with Gasteiger partial charge in [0.25, 0.3) is 15.9 Å². The minimum atomic E-state index is -3.87. The minimum absolute atomic E-state index is 0.00160. The van der Waals surface area contributed by atoms with Crippen LogP contribution < -0.4 is 19.5 Å². The second-order valence-corrected chi connectivity index (χ2v) is 9.38. The number of nitrogens with one attached hydrogen (secondary N) is 2. The number of sulfonamides is 1. The zero-order chi connectivity index (χ0) is 23.3. The van der Waals surface area contributed by atoms with E-state index in [0.29, 0.717) is 32.3 Å². The predicted molar refractivity (Wildman–Crippen MR) is 126 cm³/mol. The molecule has 3 rings (SSSR count). The molecular formula is C21H17Cl3N2O5S. The predicted octanol–water partition coefficient (Wildman–Crippen LogP) is 5.47. The molecule has 3 aromatic carbocycles. The topological polar surface area (TPSA) is 93.7 Å². The Balaban J connectivity index is 1.59. The third-order valence-electron chi connectivity index (χ3n) is 4.05. The third-order valence-corrected chi connectivity index (χ3v) is 6.18. The molecular weight excluding hydrogens is 499 g/mol. The Morgan fingerprint density at radius 1 is 0.906 bits per heavy atom. The van der Waals surface area contributed by atoms with Gasteiger partial charge in [0.2, 0.25) is 0 Å². The largest absolute Gasteiger partial charge is 0.495 e. The highest BCUT2D eigenvalue weighted by Gasteiger charge is 2.15. The first kappa shape index (κ1) is 24.0. The van der Waals surface area contributed by atoms with Crippen LogP contribution in [0, 0.1) is 0 Å². The maximum absolute atomic E-state index is 12.6. The fourth-order valence-corrected chi connectivity index (χ4v) is 4.46. The molecule has 3 aromatic rings. The van der Waals surface area contributed by atoms with Gasteiger partial charge in [-0.1, -0.05) is 34.8 Å². The Morgan fingerprint density at radius 3 is 2.16 bits per heavy atom. The normalized spacial score (nSPS) is 11.0. The first-order valence-corrected chi connectivity index (χ1v) is 11.6. The summed E-state index contributed by atoms with van der Waals surface area (Å²) >= 11 is 17.8. The maximum Gasteiger partial charge on any atom is 0.262 e.